The highest BCUT2D eigenvalue weighted by atomic mass is 32.1. The van der Waals surface area contributed by atoms with Gasteiger partial charge in [0.15, 0.2) is 5.96 Å². The molecular weight excluding hydrogens is 320 g/mol. The first-order valence-corrected chi connectivity index (χ1v) is 9.03. The van der Waals surface area contributed by atoms with Gasteiger partial charge in [0.2, 0.25) is 0 Å². The van der Waals surface area contributed by atoms with E-state index >= 15 is 0 Å². The van der Waals surface area contributed by atoms with E-state index in [2.05, 4.69) is 46.5 Å². The molecule has 0 aliphatic heterocycles. The largest absolute Gasteiger partial charge is 0.468 e. The number of likely N-dealkylation sites (N-methyl/N-ethyl adjacent to an activating group) is 1. The highest BCUT2D eigenvalue weighted by Gasteiger charge is 2.17. The van der Waals surface area contributed by atoms with E-state index in [-0.39, 0.29) is 6.04 Å². The Balaban J connectivity index is 1.87. The number of guanidine groups is 1. The van der Waals surface area contributed by atoms with E-state index in [4.69, 9.17) is 4.42 Å². The zero-order valence-corrected chi connectivity index (χ0v) is 16.0. The maximum Gasteiger partial charge on any atom is 0.191 e. The Kier molecular flexibility index (Phi) is 6.87. The maximum absolute atomic E-state index is 5.54. The standard InChI is InChI=1S/C18H28N4OS/c1-13(11-15-9-8-14(2)24-15)21-18(19-3)20-12-16(22(4)5)17-7-6-10-23-17/h6-10,13,16H,11-12H2,1-5H3,(H2,19,20,21). The Bertz CT molecular complexity index is 633. The van der Waals surface area contributed by atoms with Crippen LogP contribution >= 0.6 is 11.3 Å². The second-order valence-corrected chi connectivity index (χ2v) is 7.58. The fourth-order valence-corrected chi connectivity index (χ4v) is 3.61. The first kappa shape index (κ1) is 18.5. The van der Waals surface area contributed by atoms with E-state index in [1.165, 1.54) is 9.75 Å². The Hall–Kier alpha value is -1.79. The van der Waals surface area contributed by atoms with Crippen LogP contribution in [0.5, 0.6) is 0 Å². The number of thiophene rings is 1. The van der Waals surface area contributed by atoms with Crippen molar-refractivity contribution in [2.45, 2.75) is 32.4 Å². The minimum atomic E-state index is 0.161. The molecule has 2 N–H and O–H groups in total. The average molecular weight is 349 g/mol. The lowest BCUT2D eigenvalue weighted by molar-refractivity contribution is 0.258. The number of aryl methyl sites for hydroxylation is 1. The van der Waals surface area contributed by atoms with Crippen molar-refractivity contribution in [1.29, 1.82) is 0 Å². The summed E-state index contributed by atoms with van der Waals surface area (Å²) in [5.74, 6) is 1.76. The van der Waals surface area contributed by atoms with Gasteiger partial charge >= 0.3 is 0 Å². The molecule has 2 aromatic heterocycles. The summed E-state index contributed by atoms with van der Waals surface area (Å²) in [5.41, 5.74) is 0. The molecule has 0 fully saturated rings. The molecule has 5 nitrogen and oxygen atoms in total. The van der Waals surface area contributed by atoms with Gasteiger partial charge in [-0.05, 0) is 52.2 Å². The fraction of sp³-hybridized carbons (Fsp3) is 0.500. The third-order valence-electron chi connectivity index (χ3n) is 3.87. The third kappa shape index (κ3) is 5.39. The first-order chi connectivity index (χ1) is 11.5. The number of hydrogen-bond donors (Lipinski definition) is 2. The van der Waals surface area contributed by atoms with Gasteiger partial charge in [-0.15, -0.1) is 11.3 Å². The Morgan fingerprint density at radius 3 is 2.67 bits per heavy atom. The van der Waals surface area contributed by atoms with Crippen LogP contribution in [0.1, 0.15) is 28.5 Å². The normalized spacial score (nSPS) is 14.7. The molecule has 24 heavy (non-hydrogen) atoms. The second-order valence-electron chi connectivity index (χ2n) is 6.21. The van der Waals surface area contributed by atoms with E-state index < -0.39 is 0 Å². The number of nitrogens with zero attached hydrogens (tertiary/aromatic N) is 2. The van der Waals surface area contributed by atoms with Crippen molar-refractivity contribution in [3.63, 3.8) is 0 Å². The fourth-order valence-electron chi connectivity index (χ4n) is 2.59. The van der Waals surface area contributed by atoms with Gasteiger partial charge in [-0.2, -0.15) is 0 Å². The number of rotatable bonds is 7. The van der Waals surface area contributed by atoms with Crippen LogP contribution in [0.15, 0.2) is 39.9 Å². The van der Waals surface area contributed by atoms with Crippen LogP contribution < -0.4 is 10.6 Å². The molecule has 2 unspecified atom stereocenters. The Labute approximate surface area is 148 Å². The van der Waals surface area contributed by atoms with Crippen LogP contribution in [0.2, 0.25) is 0 Å². The summed E-state index contributed by atoms with van der Waals surface area (Å²) in [6, 6.07) is 8.77. The van der Waals surface area contributed by atoms with Gasteiger partial charge in [-0.3, -0.25) is 9.89 Å². The average Bonchev–Trinajstić information content (AvgIpc) is 3.18. The smallest absolute Gasteiger partial charge is 0.191 e. The second kappa shape index (κ2) is 8.89. The van der Waals surface area contributed by atoms with Gasteiger partial charge in [0.25, 0.3) is 0 Å². The minimum absolute atomic E-state index is 0.161. The molecule has 0 saturated carbocycles. The van der Waals surface area contributed by atoms with Crippen LogP contribution in [0.3, 0.4) is 0 Å². The van der Waals surface area contributed by atoms with Gasteiger partial charge in [0, 0.05) is 35.8 Å². The lowest BCUT2D eigenvalue weighted by Gasteiger charge is -2.24. The molecule has 0 saturated heterocycles. The minimum Gasteiger partial charge on any atom is -0.468 e. The summed E-state index contributed by atoms with van der Waals surface area (Å²) in [5, 5.41) is 6.86. The van der Waals surface area contributed by atoms with E-state index in [0.29, 0.717) is 6.04 Å². The summed E-state index contributed by atoms with van der Waals surface area (Å²) in [6.45, 7) is 5.05. The van der Waals surface area contributed by atoms with Gasteiger partial charge in [-0.25, -0.2) is 0 Å². The topological polar surface area (TPSA) is 52.8 Å². The molecule has 0 aliphatic carbocycles. The van der Waals surface area contributed by atoms with Crippen molar-refractivity contribution < 1.29 is 4.42 Å². The molecule has 0 spiro atoms. The molecule has 0 radical (unpaired) electrons. The van der Waals surface area contributed by atoms with Crippen molar-refractivity contribution in [2.75, 3.05) is 27.7 Å². The van der Waals surface area contributed by atoms with Crippen molar-refractivity contribution in [1.82, 2.24) is 15.5 Å². The molecule has 0 amide bonds. The third-order valence-corrected chi connectivity index (χ3v) is 4.89. The van der Waals surface area contributed by atoms with Crippen molar-refractivity contribution >= 4 is 17.3 Å². The lowest BCUT2D eigenvalue weighted by atomic mass is 10.2. The number of furan rings is 1. The summed E-state index contributed by atoms with van der Waals surface area (Å²) in [4.78, 5) is 9.22. The van der Waals surface area contributed by atoms with Gasteiger partial charge < -0.3 is 15.1 Å². The van der Waals surface area contributed by atoms with Crippen LogP contribution in [-0.4, -0.2) is 44.6 Å². The SMILES string of the molecule is CN=C(NCC(c1ccco1)N(C)C)NC(C)Cc1ccc(C)s1. The van der Waals surface area contributed by atoms with Crippen molar-refractivity contribution in [3.8, 4) is 0 Å². The molecular formula is C18H28N4OS. The quantitative estimate of drug-likeness (QED) is 0.596. The molecule has 2 atom stereocenters. The predicted molar refractivity (Wildman–Crippen MR) is 102 cm³/mol. The summed E-state index contributed by atoms with van der Waals surface area (Å²) in [6.07, 6.45) is 2.71. The van der Waals surface area contributed by atoms with Crippen LogP contribution in [0.25, 0.3) is 0 Å². The summed E-state index contributed by atoms with van der Waals surface area (Å²) < 4.78 is 5.54. The summed E-state index contributed by atoms with van der Waals surface area (Å²) in [7, 11) is 5.90. The number of aliphatic imine (C=N–C) groups is 1. The molecule has 2 aromatic rings. The Morgan fingerprint density at radius 2 is 2.12 bits per heavy atom. The zero-order chi connectivity index (χ0) is 17.5. The highest BCUT2D eigenvalue weighted by Crippen LogP contribution is 2.18. The molecule has 6 heteroatoms. The van der Waals surface area contributed by atoms with E-state index in [9.17, 15) is 0 Å². The van der Waals surface area contributed by atoms with Gasteiger partial charge in [0.1, 0.15) is 5.76 Å². The van der Waals surface area contributed by atoms with Crippen LogP contribution in [0, 0.1) is 6.92 Å². The summed E-state index contributed by atoms with van der Waals surface area (Å²) >= 11 is 1.85. The molecule has 0 bridgehead atoms. The molecule has 0 aliphatic rings. The molecule has 2 rings (SSSR count). The van der Waals surface area contributed by atoms with Crippen LogP contribution in [-0.2, 0) is 6.42 Å². The maximum atomic E-state index is 5.54. The number of hydrogen-bond acceptors (Lipinski definition) is 4. The molecule has 0 aromatic carbocycles. The van der Waals surface area contributed by atoms with Gasteiger partial charge in [-0.1, -0.05) is 0 Å². The predicted octanol–water partition coefficient (Wildman–Crippen LogP) is 3.05. The monoisotopic (exact) mass is 348 g/mol. The molecule has 2 heterocycles. The first-order valence-electron chi connectivity index (χ1n) is 8.22. The van der Waals surface area contributed by atoms with E-state index in [1.807, 2.05) is 37.6 Å². The van der Waals surface area contributed by atoms with Crippen molar-refractivity contribution in [3.05, 3.63) is 46.0 Å². The zero-order valence-electron chi connectivity index (χ0n) is 15.2. The van der Waals surface area contributed by atoms with E-state index in [1.54, 1.807) is 13.3 Å². The lowest BCUT2D eigenvalue weighted by Crippen LogP contribution is -2.45. The van der Waals surface area contributed by atoms with Gasteiger partial charge in [0.05, 0.1) is 12.3 Å². The Morgan fingerprint density at radius 1 is 1.33 bits per heavy atom. The van der Waals surface area contributed by atoms with E-state index in [0.717, 1.165) is 24.7 Å². The van der Waals surface area contributed by atoms with Crippen molar-refractivity contribution in [2.24, 2.45) is 4.99 Å². The highest BCUT2D eigenvalue weighted by molar-refractivity contribution is 7.11. The van der Waals surface area contributed by atoms with Crippen LogP contribution in [0.4, 0.5) is 0 Å². The number of nitrogens with one attached hydrogen (secondary N) is 2. The molecule has 132 valence electrons.